The summed E-state index contributed by atoms with van der Waals surface area (Å²) in [5.41, 5.74) is 0.362. The number of fused-ring (bicyclic) bond motifs is 1. The van der Waals surface area contributed by atoms with Crippen LogP contribution in [0.2, 0.25) is 0 Å². The zero-order valence-corrected chi connectivity index (χ0v) is 12.5. The fourth-order valence-corrected chi connectivity index (χ4v) is 2.90. The minimum absolute atomic E-state index is 0.140. The second-order valence-corrected chi connectivity index (χ2v) is 5.82. The van der Waals surface area contributed by atoms with Gasteiger partial charge in [-0.25, -0.2) is 0 Å². The van der Waals surface area contributed by atoms with Crippen molar-refractivity contribution in [3.63, 3.8) is 0 Å². The lowest BCUT2D eigenvalue weighted by atomic mass is 9.93. The SMILES string of the molecule is CCC1(C(F)(F)F)C=Cc2cc(C)cc(CSC)c2O1. The van der Waals surface area contributed by atoms with Gasteiger partial charge in [0.2, 0.25) is 5.60 Å². The highest BCUT2D eigenvalue weighted by molar-refractivity contribution is 7.97. The van der Waals surface area contributed by atoms with Gasteiger partial charge in [0.15, 0.2) is 0 Å². The molecule has 0 radical (unpaired) electrons. The van der Waals surface area contributed by atoms with Crippen molar-refractivity contribution in [2.24, 2.45) is 0 Å². The summed E-state index contributed by atoms with van der Waals surface area (Å²) in [7, 11) is 0. The smallest absolute Gasteiger partial charge is 0.432 e. The molecule has 0 N–H and O–H groups in total. The van der Waals surface area contributed by atoms with E-state index in [0.29, 0.717) is 11.5 Å². The van der Waals surface area contributed by atoms with Crippen LogP contribution in [0.3, 0.4) is 0 Å². The van der Waals surface area contributed by atoms with Crippen molar-refractivity contribution >= 4 is 17.8 Å². The third kappa shape index (κ3) is 2.55. The minimum atomic E-state index is -4.42. The molecular weight excluding hydrogens is 285 g/mol. The average molecular weight is 302 g/mol. The first-order valence-corrected chi connectivity index (χ1v) is 7.80. The lowest BCUT2D eigenvalue weighted by Crippen LogP contribution is -2.49. The molecule has 1 atom stereocenters. The molecule has 110 valence electrons. The molecule has 1 unspecified atom stereocenters. The summed E-state index contributed by atoms with van der Waals surface area (Å²) < 4.78 is 45.4. The standard InChI is InChI=1S/C15H17F3OS/c1-4-14(15(16,17)18)6-5-11-7-10(2)8-12(9-20-3)13(11)19-14/h5-8H,4,9H2,1-3H3. The molecule has 0 saturated heterocycles. The monoisotopic (exact) mass is 302 g/mol. The van der Waals surface area contributed by atoms with E-state index in [1.54, 1.807) is 11.8 Å². The highest BCUT2D eigenvalue weighted by Crippen LogP contribution is 2.45. The third-order valence-corrected chi connectivity index (χ3v) is 4.06. The Balaban J connectivity index is 2.53. The maximum Gasteiger partial charge on any atom is 0.432 e. The van der Waals surface area contributed by atoms with Crippen molar-refractivity contribution in [3.8, 4) is 5.75 Å². The zero-order chi connectivity index (χ0) is 15.0. The van der Waals surface area contributed by atoms with Crippen LogP contribution in [-0.4, -0.2) is 18.0 Å². The van der Waals surface area contributed by atoms with Gasteiger partial charge in [0.1, 0.15) is 5.75 Å². The fourth-order valence-electron chi connectivity index (χ4n) is 2.37. The lowest BCUT2D eigenvalue weighted by molar-refractivity contribution is -0.230. The number of hydrogen-bond acceptors (Lipinski definition) is 2. The van der Waals surface area contributed by atoms with Crippen molar-refractivity contribution in [2.75, 3.05) is 6.26 Å². The van der Waals surface area contributed by atoms with E-state index in [-0.39, 0.29) is 6.42 Å². The summed E-state index contributed by atoms with van der Waals surface area (Å²) in [5, 5.41) is 0. The van der Waals surface area contributed by atoms with Crippen molar-refractivity contribution in [1.29, 1.82) is 0 Å². The van der Waals surface area contributed by atoms with Gasteiger partial charge in [0, 0.05) is 16.9 Å². The Morgan fingerprint density at radius 2 is 2.00 bits per heavy atom. The summed E-state index contributed by atoms with van der Waals surface area (Å²) in [6.07, 6.45) is 0.0327. The molecule has 1 nitrogen and oxygen atoms in total. The van der Waals surface area contributed by atoms with Crippen LogP contribution in [0.5, 0.6) is 5.75 Å². The first-order valence-electron chi connectivity index (χ1n) is 6.40. The minimum Gasteiger partial charge on any atom is -0.473 e. The molecule has 0 spiro atoms. The van der Waals surface area contributed by atoms with Crippen molar-refractivity contribution in [3.05, 3.63) is 34.9 Å². The Bertz CT molecular complexity index is 537. The normalized spacial score (nSPS) is 21.5. The number of rotatable bonds is 3. The van der Waals surface area contributed by atoms with Crippen LogP contribution in [0.15, 0.2) is 18.2 Å². The van der Waals surface area contributed by atoms with Crippen molar-refractivity contribution < 1.29 is 17.9 Å². The molecule has 1 aliphatic heterocycles. The van der Waals surface area contributed by atoms with E-state index < -0.39 is 11.8 Å². The van der Waals surface area contributed by atoms with Crippen LogP contribution < -0.4 is 4.74 Å². The summed E-state index contributed by atoms with van der Waals surface area (Å²) in [6.45, 7) is 3.43. The predicted octanol–water partition coefficient (Wildman–Crippen LogP) is 4.97. The topological polar surface area (TPSA) is 9.23 Å². The molecule has 0 amide bonds. The Labute approximate surface area is 121 Å². The molecule has 0 fully saturated rings. The summed E-state index contributed by atoms with van der Waals surface area (Å²) in [5.74, 6) is 1.00. The van der Waals surface area contributed by atoms with Gasteiger partial charge in [-0.2, -0.15) is 24.9 Å². The molecule has 0 aliphatic carbocycles. The first kappa shape index (κ1) is 15.3. The first-order chi connectivity index (χ1) is 9.33. The third-order valence-electron chi connectivity index (χ3n) is 3.46. The van der Waals surface area contributed by atoms with E-state index in [0.717, 1.165) is 22.8 Å². The van der Waals surface area contributed by atoms with Crippen molar-refractivity contribution in [1.82, 2.24) is 0 Å². The fraction of sp³-hybridized carbons (Fsp3) is 0.467. The molecular formula is C15H17F3OS. The molecule has 1 aromatic rings. The molecule has 1 aromatic carbocycles. The van der Waals surface area contributed by atoms with Gasteiger partial charge in [0.25, 0.3) is 0 Å². The molecule has 0 aromatic heterocycles. The predicted molar refractivity (Wildman–Crippen MR) is 77.1 cm³/mol. The number of thioether (sulfide) groups is 1. The van der Waals surface area contributed by atoms with E-state index in [1.807, 2.05) is 25.3 Å². The number of alkyl halides is 3. The van der Waals surface area contributed by atoms with E-state index in [4.69, 9.17) is 4.74 Å². The van der Waals surface area contributed by atoms with Crippen LogP contribution >= 0.6 is 11.8 Å². The molecule has 0 bridgehead atoms. The van der Waals surface area contributed by atoms with Gasteiger partial charge in [-0.3, -0.25) is 0 Å². The summed E-state index contributed by atoms with van der Waals surface area (Å²) >= 11 is 1.57. The highest BCUT2D eigenvalue weighted by Gasteiger charge is 2.55. The van der Waals surface area contributed by atoms with Crippen LogP contribution in [-0.2, 0) is 5.75 Å². The molecule has 1 heterocycles. The van der Waals surface area contributed by atoms with Gasteiger partial charge < -0.3 is 4.74 Å². The number of aryl methyl sites for hydroxylation is 1. The Morgan fingerprint density at radius 1 is 1.30 bits per heavy atom. The van der Waals surface area contributed by atoms with E-state index >= 15 is 0 Å². The second kappa shape index (κ2) is 5.35. The molecule has 20 heavy (non-hydrogen) atoms. The Morgan fingerprint density at radius 3 is 2.55 bits per heavy atom. The molecule has 0 saturated carbocycles. The average Bonchev–Trinajstić information content (AvgIpc) is 2.37. The van der Waals surface area contributed by atoms with Gasteiger partial charge in [-0.15, -0.1) is 0 Å². The molecule has 1 aliphatic rings. The van der Waals surface area contributed by atoms with Crippen LogP contribution in [0, 0.1) is 6.92 Å². The van der Waals surface area contributed by atoms with Crippen molar-refractivity contribution in [2.45, 2.75) is 37.8 Å². The summed E-state index contributed by atoms with van der Waals surface area (Å²) in [4.78, 5) is 0. The molecule has 2 rings (SSSR count). The highest BCUT2D eigenvalue weighted by atomic mass is 32.2. The van der Waals surface area contributed by atoms with E-state index in [1.165, 1.54) is 13.0 Å². The second-order valence-electron chi connectivity index (χ2n) is 4.95. The van der Waals surface area contributed by atoms with E-state index in [2.05, 4.69) is 0 Å². The van der Waals surface area contributed by atoms with Gasteiger partial charge in [-0.1, -0.05) is 19.1 Å². The number of ether oxygens (including phenoxy) is 1. The Hall–Kier alpha value is -1.10. The van der Waals surface area contributed by atoms with Gasteiger partial charge in [0.05, 0.1) is 0 Å². The Kier molecular flexibility index (Phi) is 4.09. The number of halogens is 3. The van der Waals surface area contributed by atoms with Gasteiger partial charge >= 0.3 is 6.18 Å². The maximum atomic E-state index is 13.3. The summed E-state index contributed by atoms with van der Waals surface area (Å²) in [6, 6.07) is 3.75. The lowest BCUT2D eigenvalue weighted by Gasteiger charge is -2.36. The largest absolute Gasteiger partial charge is 0.473 e. The van der Waals surface area contributed by atoms with Crippen LogP contribution in [0.1, 0.15) is 30.0 Å². The van der Waals surface area contributed by atoms with Gasteiger partial charge in [-0.05, 0) is 37.3 Å². The molecule has 5 heteroatoms. The van der Waals surface area contributed by atoms with Crippen LogP contribution in [0.25, 0.3) is 6.08 Å². The maximum absolute atomic E-state index is 13.3. The number of hydrogen-bond donors (Lipinski definition) is 0. The van der Waals surface area contributed by atoms with E-state index in [9.17, 15) is 13.2 Å². The van der Waals surface area contributed by atoms with Crippen LogP contribution in [0.4, 0.5) is 13.2 Å². The number of benzene rings is 1. The quantitative estimate of drug-likeness (QED) is 0.779. The zero-order valence-electron chi connectivity index (χ0n) is 11.7.